The van der Waals surface area contributed by atoms with E-state index in [1.54, 1.807) is 20.4 Å². The van der Waals surface area contributed by atoms with Gasteiger partial charge in [0.25, 0.3) is 0 Å². The number of hydrogen-bond acceptors (Lipinski definition) is 4. The standard InChI is InChI=1S/C16H22N2O3/c1-4-7-18-11-13(10-17-18)14(19)8-12-5-6-15(20-2)16(9-12)21-3/h5-6,9-11,14,19H,4,7-8H2,1-3H3. The molecular formula is C16H22N2O3. The Balaban J connectivity index is 2.09. The first-order valence-electron chi connectivity index (χ1n) is 7.09. The Bertz CT molecular complexity index is 581. The van der Waals surface area contributed by atoms with E-state index in [-0.39, 0.29) is 0 Å². The van der Waals surface area contributed by atoms with Crippen LogP contribution in [0, 0.1) is 0 Å². The number of nitrogens with zero attached hydrogens (tertiary/aromatic N) is 2. The number of methoxy groups -OCH3 is 2. The van der Waals surface area contributed by atoms with Crippen molar-refractivity contribution in [3.63, 3.8) is 0 Å². The van der Waals surface area contributed by atoms with Crippen molar-refractivity contribution in [3.8, 4) is 11.5 Å². The summed E-state index contributed by atoms with van der Waals surface area (Å²) in [5, 5.41) is 14.6. The van der Waals surface area contributed by atoms with Gasteiger partial charge in [-0.3, -0.25) is 4.68 Å². The Morgan fingerprint density at radius 1 is 1.24 bits per heavy atom. The summed E-state index contributed by atoms with van der Waals surface area (Å²) in [5.74, 6) is 1.36. The largest absolute Gasteiger partial charge is 0.493 e. The van der Waals surface area contributed by atoms with Gasteiger partial charge in [-0.2, -0.15) is 5.10 Å². The second kappa shape index (κ2) is 7.13. The number of rotatable bonds is 7. The fourth-order valence-electron chi connectivity index (χ4n) is 2.25. The van der Waals surface area contributed by atoms with Crippen LogP contribution in [-0.4, -0.2) is 29.1 Å². The molecule has 0 saturated carbocycles. The Kier molecular flexibility index (Phi) is 5.22. The summed E-state index contributed by atoms with van der Waals surface area (Å²) in [4.78, 5) is 0. The molecule has 1 atom stereocenters. The van der Waals surface area contributed by atoms with Crippen molar-refractivity contribution < 1.29 is 14.6 Å². The number of aliphatic hydroxyl groups excluding tert-OH is 1. The number of hydrogen-bond donors (Lipinski definition) is 1. The summed E-state index contributed by atoms with van der Waals surface area (Å²) >= 11 is 0. The molecule has 1 aromatic carbocycles. The first-order chi connectivity index (χ1) is 10.2. The average molecular weight is 290 g/mol. The number of aryl methyl sites for hydroxylation is 1. The zero-order chi connectivity index (χ0) is 15.2. The molecule has 2 rings (SSSR count). The molecule has 2 aromatic rings. The molecule has 114 valence electrons. The van der Waals surface area contributed by atoms with Crippen LogP contribution in [0.15, 0.2) is 30.6 Å². The molecule has 0 aliphatic rings. The van der Waals surface area contributed by atoms with Crippen LogP contribution in [0.4, 0.5) is 0 Å². The van der Waals surface area contributed by atoms with Crippen molar-refractivity contribution in [1.82, 2.24) is 9.78 Å². The highest BCUT2D eigenvalue weighted by Crippen LogP contribution is 2.29. The van der Waals surface area contributed by atoms with Crippen LogP contribution in [0.5, 0.6) is 11.5 Å². The molecule has 1 heterocycles. The number of aromatic nitrogens is 2. The van der Waals surface area contributed by atoms with E-state index < -0.39 is 6.10 Å². The molecule has 0 aliphatic heterocycles. The molecule has 1 unspecified atom stereocenters. The van der Waals surface area contributed by atoms with Crippen molar-refractivity contribution in [3.05, 3.63) is 41.7 Å². The molecule has 5 heteroatoms. The van der Waals surface area contributed by atoms with Crippen LogP contribution in [0.1, 0.15) is 30.6 Å². The van der Waals surface area contributed by atoms with Crippen molar-refractivity contribution in [2.24, 2.45) is 0 Å². The molecule has 0 bridgehead atoms. The lowest BCUT2D eigenvalue weighted by Crippen LogP contribution is -2.02. The molecule has 0 radical (unpaired) electrons. The van der Waals surface area contributed by atoms with E-state index in [9.17, 15) is 5.11 Å². The summed E-state index contributed by atoms with van der Waals surface area (Å²) in [6.45, 7) is 2.96. The van der Waals surface area contributed by atoms with Crippen LogP contribution in [0.2, 0.25) is 0 Å². The van der Waals surface area contributed by atoms with Gasteiger partial charge < -0.3 is 14.6 Å². The van der Waals surface area contributed by atoms with Crippen LogP contribution in [-0.2, 0) is 13.0 Å². The fourth-order valence-corrected chi connectivity index (χ4v) is 2.25. The Morgan fingerprint density at radius 3 is 2.67 bits per heavy atom. The van der Waals surface area contributed by atoms with Crippen LogP contribution < -0.4 is 9.47 Å². The normalized spacial score (nSPS) is 12.2. The minimum atomic E-state index is -0.575. The number of ether oxygens (including phenoxy) is 2. The summed E-state index contributed by atoms with van der Waals surface area (Å²) < 4.78 is 12.3. The summed E-state index contributed by atoms with van der Waals surface area (Å²) in [5.41, 5.74) is 1.82. The van der Waals surface area contributed by atoms with Gasteiger partial charge in [0.2, 0.25) is 0 Å². The Hall–Kier alpha value is -2.01. The van der Waals surface area contributed by atoms with Gasteiger partial charge in [-0.1, -0.05) is 13.0 Å². The van der Waals surface area contributed by atoms with Crippen LogP contribution in [0.3, 0.4) is 0 Å². The monoisotopic (exact) mass is 290 g/mol. The van der Waals surface area contributed by atoms with Crippen molar-refractivity contribution in [2.75, 3.05) is 14.2 Å². The number of benzene rings is 1. The van der Waals surface area contributed by atoms with Crippen molar-refractivity contribution in [1.29, 1.82) is 0 Å². The SMILES string of the molecule is CCCn1cc(C(O)Cc2ccc(OC)c(OC)c2)cn1. The first kappa shape index (κ1) is 15.4. The summed E-state index contributed by atoms with van der Waals surface area (Å²) in [6.07, 6.45) is 4.58. The van der Waals surface area contributed by atoms with E-state index in [4.69, 9.17) is 9.47 Å². The van der Waals surface area contributed by atoms with Gasteiger partial charge in [0.05, 0.1) is 26.5 Å². The van der Waals surface area contributed by atoms with E-state index >= 15 is 0 Å². The Morgan fingerprint density at radius 2 is 2.00 bits per heavy atom. The zero-order valence-electron chi connectivity index (χ0n) is 12.7. The maximum absolute atomic E-state index is 10.3. The lowest BCUT2D eigenvalue weighted by atomic mass is 10.0. The summed E-state index contributed by atoms with van der Waals surface area (Å²) in [7, 11) is 3.21. The molecule has 1 N–H and O–H groups in total. The zero-order valence-corrected chi connectivity index (χ0v) is 12.7. The topological polar surface area (TPSA) is 56.5 Å². The maximum Gasteiger partial charge on any atom is 0.160 e. The van der Waals surface area contributed by atoms with Crippen molar-refractivity contribution >= 4 is 0 Å². The third-order valence-corrected chi connectivity index (χ3v) is 3.37. The third kappa shape index (κ3) is 3.76. The molecule has 1 aromatic heterocycles. The van der Waals surface area contributed by atoms with E-state index in [0.717, 1.165) is 24.1 Å². The molecule has 0 fully saturated rings. The lowest BCUT2D eigenvalue weighted by Gasteiger charge is -2.12. The average Bonchev–Trinajstić information content (AvgIpc) is 2.96. The first-order valence-corrected chi connectivity index (χ1v) is 7.09. The number of aliphatic hydroxyl groups is 1. The third-order valence-electron chi connectivity index (χ3n) is 3.37. The van der Waals surface area contributed by atoms with E-state index in [0.29, 0.717) is 17.9 Å². The predicted molar refractivity (Wildman–Crippen MR) is 80.7 cm³/mol. The van der Waals surface area contributed by atoms with Crippen molar-refractivity contribution in [2.45, 2.75) is 32.4 Å². The molecule has 0 amide bonds. The highest BCUT2D eigenvalue weighted by Gasteiger charge is 2.13. The Labute approximate surface area is 125 Å². The van der Waals surface area contributed by atoms with Crippen LogP contribution in [0.25, 0.3) is 0 Å². The van der Waals surface area contributed by atoms with Gasteiger partial charge in [-0.05, 0) is 24.1 Å². The molecule has 0 saturated heterocycles. The van der Waals surface area contributed by atoms with Gasteiger partial charge in [0.15, 0.2) is 11.5 Å². The lowest BCUT2D eigenvalue weighted by molar-refractivity contribution is 0.178. The van der Waals surface area contributed by atoms with Gasteiger partial charge in [-0.15, -0.1) is 0 Å². The highest BCUT2D eigenvalue weighted by atomic mass is 16.5. The van der Waals surface area contributed by atoms with Gasteiger partial charge in [0.1, 0.15) is 0 Å². The molecule has 5 nitrogen and oxygen atoms in total. The van der Waals surface area contributed by atoms with E-state index in [1.165, 1.54) is 0 Å². The quantitative estimate of drug-likeness (QED) is 0.851. The molecular weight excluding hydrogens is 268 g/mol. The molecule has 21 heavy (non-hydrogen) atoms. The smallest absolute Gasteiger partial charge is 0.160 e. The van der Waals surface area contributed by atoms with E-state index in [1.807, 2.05) is 29.1 Å². The second-order valence-corrected chi connectivity index (χ2v) is 4.95. The van der Waals surface area contributed by atoms with Gasteiger partial charge >= 0.3 is 0 Å². The summed E-state index contributed by atoms with van der Waals surface area (Å²) in [6, 6.07) is 5.67. The minimum absolute atomic E-state index is 0.512. The molecule has 0 spiro atoms. The van der Waals surface area contributed by atoms with Gasteiger partial charge in [-0.25, -0.2) is 0 Å². The second-order valence-electron chi connectivity index (χ2n) is 4.95. The van der Waals surface area contributed by atoms with Gasteiger partial charge in [0, 0.05) is 24.7 Å². The maximum atomic E-state index is 10.3. The van der Waals surface area contributed by atoms with E-state index in [2.05, 4.69) is 12.0 Å². The highest BCUT2D eigenvalue weighted by molar-refractivity contribution is 5.43. The predicted octanol–water partition coefficient (Wildman–Crippen LogP) is 2.59. The minimum Gasteiger partial charge on any atom is -0.493 e. The fraction of sp³-hybridized carbons (Fsp3) is 0.438. The molecule has 0 aliphatic carbocycles. The van der Waals surface area contributed by atoms with Crippen LogP contribution >= 0.6 is 0 Å².